The standard InChI is InChI=1S/C23H25F2N5O2S/c1-2-20(33-13-28-15-3-4-15)17-10-18(22(26)31)29-19-12-30(8-6-16(17)19)11-14-5-7-27-21(9-14)32-23(24)25/h2,5,7,9-10,13,15,23H,3-4,6,8,11-12H2,1H3,(H2,26,31)/b20-2-,28-13+. The van der Waals surface area contributed by atoms with Crippen molar-refractivity contribution in [2.45, 2.75) is 51.9 Å². The van der Waals surface area contributed by atoms with Crippen LogP contribution in [-0.2, 0) is 19.5 Å². The van der Waals surface area contributed by atoms with Gasteiger partial charge in [-0.25, -0.2) is 9.97 Å². The Morgan fingerprint density at radius 2 is 2.24 bits per heavy atom. The van der Waals surface area contributed by atoms with E-state index in [1.807, 2.05) is 18.5 Å². The monoisotopic (exact) mass is 473 g/mol. The molecule has 0 aromatic carbocycles. The molecule has 1 saturated carbocycles. The second kappa shape index (κ2) is 10.4. The van der Waals surface area contributed by atoms with Gasteiger partial charge in [0.25, 0.3) is 5.91 Å². The van der Waals surface area contributed by atoms with Crippen molar-refractivity contribution in [3.8, 4) is 5.88 Å². The molecule has 7 nitrogen and oxygen atoms in total. The van der Waals surface area contributed by atoms with Crippen LogP contribution in [0.25, 0.3) is 4.91 Å². The number of amides is 1. The Morgan fingerprint density at radius 1 is 1.42 bits per heavy atom. The Morgan fingerprint density at radius 3 is 2.94 bits per heavy atom. The van der Waals surface area contributed by atoms with Crippen molar-refractivity contribution in [1.29, 1.82) is 0 Å². The molecule has 1 amide bonds. The maximum absolute atomic E-state index is 12.5. The van der Waals surface area contributed by atoms with Gasteiger partial charge in [0, 0.05) is 36.8 Å². The number of ether oxygens (including phenoxy) is 1. The third kappa shape index (κ3) is 6.14. The minimum atomic E-state index is -2.92. The summed E-state index contributed by atoms with van der Waals surface area (Å²) in [5.41, 5.74) is 11.3. The predicted octanol–water partition coefficient (Wildman–Crippen LogP) is 4.02. The van der Waals surface area contributed by atoms with Crippen LogP contribution in [0.4, 0.5) is 8.78 Å². The molecule has 1 aliphatic carbocycles. The zero-order chi connectivity index (χ0) is 23.4. The lowest BCUT2D eigenvalue weighted by Crippen LogP contribution is -2.32. The van der Waals surface area contributed by atoms with E-state index in [1.54, 1.807) is 12.1 Å². The normalized spacial score (nSPS) is 16.9. The van der Waals surface area contributed by atoms with E-state index in [0.717, 1.165) is 53.1 Å². The molecule has 0 radical (unpaired) electrons. The van der Waals surface area contributed by atoms with Crippen LogP contribution in [0, 0.1) is 0 Å². The number of nitrogens with zero attached hydrogens (tertiary/aromatic N) is 4. The van der Waals surface area contributed by atoms with Gasteiger partial charge in [0.2, 0.25) is 5.88 Å². The third-order valence-electron chi connectivity index (χ3n) is 5.45. The molecule has 1 fully saturated rings. The van der Waals surface area contributed by atoms with E-state index in [0.29, 0.717) is 19.1 Å². The van der Waals surface area contributed by atoms with Gasteiger partial charge in [-0.2, -0.15) is 8.78 Å². The number of aliphatic imine (C=N–C) groups is 1. The summed E-state index contributed by atoms with van der Waals surface area (Å²) in [7, 11) is 0. The molecule has 0 bridgehead atoms. The highest BCUT2D eigenvalue weighted by atomic mass is 32.2. The first-order chi connectivity index (χ1) is 15.9. The van der Waals surface area contributed by atoms with E-state index in [-0.39, 0.29) is 11.6 Å². The van der Waals surface area contributed by atoms with Gasteiger partial charge in [-0.3, -0.25) is 14.7 Å². The van der Waals surface area contributed by atoms with Gasteiger partial charge >= 0.3 is 6.61 Å². The number of rotatable bonds is 9. The zero-order valence-corrected chi connectivity index (χ0v) is 19.0. The fourth-order valence-corrected chi connectivity index (χ4v) is 4.51. The molecule has 33 heavy (non-hydrogen) atoms. The molecule has 10 heteroatoms. The van der Waals surface area contributed by atoms with Crippen LogP contribution in [0.2, 0.25) is 0 Å². The van der Waals surface area contributed by atoms with Gasteiger partial charge < -0.3 is 10.5 Å². The number of hydrogen-bond acceptors (Lipinski definition) is 7. The van der Waals surface area contributed by atoms with Crippen molar-refractivity contribution < 1.29 is 18.3 Å². The summed E-state index contributed by atoms with van der Waals surface area (Å²) in [5.74, 6) is -0.690. The van der Waals surface area contributed by atoms with Crippen molar-refractivity contribution in [2.75, 3.05) is 6.54 Å². The number of aromatic nitrogens is 2. The summed E-state index contributed by atoms with van der Waals surface area (Å²) >= 11 is 1.54. The lowest BCUT2D eigenvalue weighted by molar-refractivity contribution is -0.0529. The fraction of sp³-hybridized carbons (Fsp3) is 0.391. The summed E-state index contributed by atoms with van der Waals surface area (Å²) < 4.78 is 29.4. The fourth-order valence-electron chi connectivity index (χ4n) is 3.72. The van der Waals surface area contributed by atoms with Gasteiger partial charge in [0.15, 0.2) is 0 Å². The summed E-state index contributed by atoms with van der Waals surface area (Å²) in [6.07, 6.45) is 6.48. The van der Waals surface area contributed by atoms with Crippen LogP contribution >= 0.6 is 11.8 Å². The Labute approximate surface area is 195 Å². The number of fused-ring (bicyclic) bond motifs is 1. The predicted molar refractivity (Wildman–Crippen MR) is 124 cm³/mol. The number of halogens is 2. The molecule has 0 atom stereocenters. The molecule has 2 N–H and O–H groups in total. The van der Waals surface area contributed by atoms with Crippen molar-refractivity contribution >= 4 is 28.1 Å². The van der Waals surface area contributed by atoms with Crippen LogP contribution in [0.15, 0.2) is 35.5 Å². The van der Waals surface area contributed by atoms with Crippen LogP contribution in [0.1, 0.15) is 52.6 Å². The third-order valence-corrected chi connectivity index (χ3v) is 6.39. The molecule has 0 spiro atoms. The topological polar surface area (TPSA) is 93.7 Å². The second-order valence-corrected chi connectivity index (χ2v) is 8.83. The number of allylic oxidation sites excluding steroid dienone is 1. The van der Waals surface area contributed by atoms with E-state index in [2.05, 4.69) is 24.6 Å². The van der Waals surface area contributed by atoms with E-state index >= 15 is 0 Å². The van der Waals surface area contributed by atoms with E-state index in [4.69, 9.17) is 5.73 Å². The van der Waals surface area contributed by atoms with E-state index in [1.165, 1.54) is 24.0 Å². The molecule has 0 saturated heterocycles. The molecular formula is C23H25F2N5O2S. The van der Waals surface area contributed by atoms with Crippen LogP contribution in [0.3, 0.4) is 0 Å². The van der Waals surface area contributed by atoms with E-state index in [9.17, 15) is 13.6 Å². The molecule has 4 rings (SSSR count). The minimum absolute atomic E-state index is 0.112. The molecule has 1 aliphatic heterocycles. The zero-order valence-electron chi connectivity index (χ0n) is 18.2. The Balaban J connectivity index is 1.55. The number of carbonyl (C=O) groups excluding carboxylic acids is 1. The summed E-state index contributed by atoms with van der Waals surface area (Å²) in [4.78, 5) is 28.0. The SMILES string of the molecule is C/C=C(\S/C=N/C1CC1)c1cc(C(N)=O)nc2c1CCN(Cc1ccnc(OC(F)F)c1)C2. The number of pyridine rings is 2. The highest BCUT2D eigenvalue weighted by molar-refractivity contribution is 8.20. The maximum atomic E-state index is 12.5. The van der Waals surface area contributed by atoms with Crippen LogP contribution in [-0.4, -0.2) is 45.5 Å². The largest absolute Gasteiger partial charge is 0.417 e. The number of nitrogens with two attached hydrogens (primary N) is 1. The Hall–Kier alpha value is -2.85. The highest BCUT2D eigenvalue weighted by Gasteiger charge is 2.24. The molecule has 0 unspecified atom stereocenters. The smallest absolute Gasteiger partial charge is 0.388 e. The van der Waals surface area contributed by atoms with Crippen LogP contribution < -0.4 is 10.5 Å². The van der Waals surface area contributed by atoms with Gasteiger partial charge in [0.05, 0.1) is 17.3 Å². The molecule has 2 aromatic rings. The maximum Gasteiger partial charge on any atom is 0.388 e. The number of alkyl halides is 2. The first kappa shape index (κ1) is 23.3. The van der Waals surface area contributed by atoms with Crippen molar-refractivity contribution in [3.63, 3.8) is 0 Å². The van der Waals surface area contributed by atoms with E-state index < -0.39 is 12.5 Å². The lowest BCUT2D eigenvalue weighted by Gasteiger charge is -2.30. The number of carbonyl (C=O) groups is 1. The summed E-state index contributed by atoms with van der Waals surface area (Å²) in [6, 6.07) is 5.48. The number of hydrogen-bond donors (Lipinski definition) is 1. The van der Waals surface area contributed by atoms with Gasteiger partial charge in [-0.1, -0.05) is 17.8 Å². The average Bonchev–Trinajstić information content (AvgIpc) is 3.60. The first-order valence-corrected chi connectivity index (χ1v) is 11.6. The molecular weight excluding hydrogens is 448 g/mol. The second-order valence-electron chi connectivity index (χ2n) is 7.94. The molecule has 3 heterocycles. The van der Waals surface area contributed by atoms with Crippen molar-refractivity contribution in [2.24, 2.45) is 10.7 Å². The number of primary amides is 1. The van der Waals surface area contributed by atoms with Gasteiger partial charge in [-0.15, -0.1) is 0 Å². The Bertz CT molecular complexity index is 1090. The Kier molecular flexibility index (Phi) is 7.34. The van der Waals surface area contributed by atoms with Crippen molar-refractivity contribution in [1.82, 2.24) is 14.9 Å². The molecule has 2 aromatic heterocycles. The molecule has 2 aliphatic rings. The van der Waals surface area contributed by atoms with Crippen LogP contribution in [0.5, 0.6) is 5.88 Å². The quantitative estimate of drug-likeness (QED) is 0.437. The first-order valence-electron chi connectivity index (χ1n) is 10.7. The van der Waals surface area contributed by atoms with Crippen molar-refractivity contribution in [3.05, 3.63) is 58.6 Å². The van der Waals surface area contributed by atoms with Gasteiger partial charge in [0.1, 0.15) is 5.69 Å². The minimum Gasteiger partial charge on any atom is -0.417 e. The highest BCUT2D eigenvalue weighted by Crippen LogP contribution is 2.34. The molecule has 174 valence electrons. The summed E-state index contributed by atoms with van der Waals surface area (Å²) in [5, 5.41) is 0. The average molecular weight is 474 g/mol. The number of thioether (sulfide) groups is 1. The summed E-state index contributed by atoms with van der Waals surface area (Å²) in [6.45, 7) is 0.815. The van der Waals surface area contributed by atoms with Gasteiger partial charge in [-0.05, 0) is 55.0 Å². The lowest BCUT2D eigenvalue weighted by atomic mass is 9.97.